The standard InChI is InChI=1S/C22H26N4O2/c1-13-6-7-19-17(11-25-26(19)20-5-3-4-8-28-20)21(13)15-10-18-16(9-14(15)2)22(27)24-12-23-18/h6-7,11-12,14-15,20H,3-5,8-10H2,1-2H3,(H,23,24,27). The first-order chi connectivity index (χ1) is 13.6. The van der Waals surface area contributed by atoms with Gasteiger partial charge in [0.25, 0.3) is 5.56 Å². The van der Waals surface area contributed by atoms with E-state index in [1.807, 2.05) is 6.20 Å². The first-order valence-corrected chi connectivity index (χ1v) is 10.3. The molecule has 5 rings (SSSR count). The van der Waals surface area contributed by atoms with Crippen LogP contribution in [0.2, 0.25) is 0 Å². The topological polar surface area (TPSA) is 72.8 Å². The SMILES string of the molecule is Cc1ccc2c(cnn2C2CCCCO2)c1C1Cc2nc[nH]c(=O)c2CC1C. The van der Waals surface area contributed by atoms with Gasteiger partial charge in [-0.05, 0) is 68.1 Å². The summed E-state index contributed by atoms with van der Waals surface area (Å²) in [5.41, 5.74) is 5.56. The predicted octanol–water partition coefficient (Wildman–Crippen LogP) is 3.65. The van der Waals surface area contributed by atoms with Crippen molar-refractivity contribution in [1.82, 2.24) is 19.7 Å². The summed E-state index contributed by atoms with van der Waals surface area (Å²) in [4.78, 5) is 19.4. The van der Waals surface area contributed by atoms with Crippen LogP contribution in [-0.2, 0) is 17.6 Å². The molecule has 3 unspecified atom stereocenters. The zero-order valence-electron chi connectivity index (χ0n) is 16.4. The molecule has 3 atom stereocenters. The fourth-order valence-corrected chi connectivity index (χ4v) is 5.00. The number of ether oxygens (including phenoxy) is 1. The first kappa shape index (κ1) is 17.6. The van der Waals surface area contributed by atoms with Gasteiger partial charge < -0.3 is 9.72 Å². The average Bonchev–Trinajstić information content (AvgIpc) is 3.13. The van der Waals surface area contributed by atoms with Crippen LogP contribution in [0.4, 0.5) is 0 Å². The molecule has 1 saturated heterocycles. The molecule has 2 aliphatic rings. The molecule has 1 aromatic carbocycles. The van der Waals surface area contributed by atoms with Gasteiger partial charge in [0, 0.05) is 17.6 Å². The summed E-state index contributed by atoms with van der Waals surface area (Å²) in [7, 11) is 0. The lowest BCUT2D eigenvalue weighted by atomic mass is 9.73. The Morgan fingerprint density at radius 2 is 2.14 bits per heavy atom. The number of nitrogens with zero attached hydrogens (tertiary/aromatic N) is 3. The zero-order valence-corrected chi connectivity index (χ0v) is 16.4. The lowest BCUT2D eigenvalue weighted by molar-refractivity contribution is -0.0366. The van der Waals surface area contributed by atoms with E-state index >= 15 is 0 Å². The highest BCUT2D eigenvalue weighted by Crippen LogP contribution is 2.40. The summed E-state index contributed by atoms with van der Waals surface area (Å²) in [6, 6.07) is 4.37. The minimum absolute atomic E-state index is 0.00694. The Labute approximate surface area is 163 Å². The lowest BCUT2D eigenvalue weighted by Gasteiger charge is -2.31. The number of H-pyrrole nitrogens is 1. The molecule has 0 bridgehead atoms. The number of aromatic nitrogens is 4. The molecule has 3 aromatic rings. The number of benzene rings is 1. The number of hydrogen-bond acceptors (Lipinski definition) is 4. The zero-order chi connectivity index (χ0) is 19.3. The van der Waals surface area contributed by atoms with Crippen molar-refractivity contribution < 1.29 is 4.74 Å². The Bertz CT molecular complexity index is 1080. The summed E-state index contributed by atoms with van der Waals surface area (Å²) >= 11 is 0. The van der Waals surface area contributed by atoms with Gasteiger partial charge in [-0.15, -0.1) is 0 Å². The molecule has 0 amide bonds. The summed E-state index contributed by atoms with van der Waals surface area (Å²) in [6.07, 6.45) is 8.45. The summed E-state index contributed by atoms with van der Waals surface area (Å²) < 4.78 is 8.04. The smallest absolute Gasteiger partial charge is 0.254 e. The number of aryl methyl sites for hydroxylation is 1. The van der Waals surface area contributed by atoms with E-state index in [0.29, 0.717) is 11.8 Å². The largest absolute Gasteiger partial charge is 0.356 e. The van der Waals surface area contributed by atoms with Crippen molar-refractivity contribution >= 4 is 10.9 Å². The van der Waals surface area contributed by atoms with E-state index in [1.54, 1.807) is 0 Å². The number of aromatic amines is 1. The molecule has 146 valence electrons. The Morgan fingerprint density at radius 3 is 2.96 bits per heavy atom. The predicted molar refractivity (Wildman–Crippen MR) is 107 cm³/mol. The molecule has 0 spiro atoms. The molecule has 0 radical (unpaired) electrons. The summed E-state index contributed by atoms with van der Waals surface area (Å²) in [5, 5.41) is 5.93. The van der Waals surface area contributed by atoms with Crippen LogP contribution in [0.15, 0.2) is 29.5 Å². The van der Waals surface area contributed by atoms with Crippen molar-refractivity contribution in [3.8, 4) is 0 Å². The summed E-state index contributed by atoms with van der Waals surface area (Å²) in [5.74, 6) is 0.701. The highest BCUT2D eigenvalue weighted by atomic mass is 16.5. The van der Waals surface area contributed by atoms with E-state index in [0.717, 1.165) is 49.1 Å². The van der Waals surface area contributed by atoms with E-state index in [2.05, 4.69) is 40.6 Å². The highest BCUT2D eigenvalue weighted by Gasteiger charge is 2.32. The quantitative estimate of drug-likeness (QED) is 0.739. The van der Waals surface area contributed by atoms with Crippen LogP contribution in [0.1, 0.15) is 60.7 Å². The van der Waals surface area contributed by atoms with Crippen LogP contribution in [0.3, 0.4) is 0 Å². The third kappa shape index (κ3) is 2.78. The van der Waals surface area contributed by atoms with Crippen molar-refractivity contribution in [2.45, 2.75) is 58.1 Å². The van der Waals surface area contributed by atoms with Crippen molar-refractivity contribution in [3.05, 3.63) is 57.4 Å². The molecule has 28 heavy (non-hydrogen) atoms. The number of rotatable bonds is 2. The molecule has 3 heterocycles. The molecule has 6 heteroatoms. The number of hydrogen-bond donors (Lipinski definition) is 1. The maximum atomic E-state index is 12.2. The van der Waals surface area contributed by atoms with Crippen molar-refractivity contribution in [2.24, 2.45) is 5.92 Å². The molecular weight excluding hydrogens is 352 g/mol. The van der Waals surface area contributed by atoms with E-state index in [-0.39, 0.29) is 11.8 Å². The van der Waals surface area contributed by atoms with Crippen LogP contribution < -0.4 is 5.56 Å². The maximum absolute atomic E-state index is 12.2. The number of fused-ring (bicyclic) bond motifs is 2. The third-order valence-corrected chi connectivity index (χ3v) is 6.50. The number of nitrogens with one attached hydrogen (secondary N) is 1. The minimum atomic E-state index is 0.00694. The third-order valence-electron chi connectivity index (χ3n) is 6.50. The Kier molecular flexibility index (Phi) is 4.31. The fourth-order valence-electron chi connectivity index (χ4n) is 5.00. The highest BCUT2D eigenvalue weighted by molar-refractivity contribution is 5.84. The van der Waals surface area contributed by atoms with E-state index < -0.39 is 0 Å². The molecule has 1 aliphatic carbocycles. The van der Waals surface area contributed by atoms with Gasteiger partial charge in [0.05, 0.1) is 23.7 Å². The van der Waals surface area contributed by atoms with Crippen LogP contribution >= 0.6 is 0 Å². The minimum Gasteiger partial charge on any atom is -0.356 e. The van der Waals surface area contributed by atoms with Crippen LogP contribution in [0.25, 0.3) is 10.9 Å². The van der Waals surface area contributed by atoms with Crippen LogP contribution in [-0.4, -0.2) is 26.4 Å². The second kappa shape index (κ2) is 6.85. The van der Waals surface area contributed by atoms with E-state index in [9.17, 15) is 4.79 Å². The average molecular weight is 378 g/mol. The molecule has 2 aromatic heterocycles. The van der Waals surface area contributed by atoms with Gasteiger partial charge in [-0.25, -0.2) is 9.67 Å². The van der Waals surface area contributed by atoms with Crippen molar-refractivity contribution in [3.63, 3.8) is 0 Å². The van der Waals surface area contributed by atoms with Gasteiger partial charge in [0.1, 0.15) is 0 Å². The van der Waals surface area contributed by atoms with E-state index in [1.165, 1.54) is 29.3 Å². The van der Waals surface area contributed by atoms with Gasteiger partial charge in [-0.3, -0.25) is 4.79 Å². The first-order valence-electron chi connectivity index (χ1n) is 10.3. The van der Waals surface area contributed by atoms with Gasteiger partial charge in [0.2, 0.25) is 0 Å². The molecule has 1 fully saturated rings. The molecule has 0 saturated carbocycles. The molecule has 1 N–H and O–H groups in total. The Morgan fingerprint density at radius 1 is 1.25 bits per heavy atom. The molecular formula is C22H26N4O2. The van der Waals surface area contributed by atoms with Crippen LogP contribution in [0.5, 0.6) is 0 Å². The maximum Gasteiger partial charge on any atom is 0.254 e. The van der Waals surface area contributed by atoms with Crippen molar-refractivity contribution in [1.29, 1.82) is 0 Å². The van der Waals surface area contributed by atoms with Gasteiger partial charge in [0.15, 0.2) is 6.23 Å². The van der Waals surface area contributed by atoms with Gasteiger partial charge in [-0.2, -0.15) is 5.10 Å². The monoisotopic (exact) mass is 378 g/mol. The van der Waals surface area contributed by atoms with Gasteiger partial charge in [-0.1, -0.05) is 13.0 Å². The summed E-state index contributed by atoms with van der Waals surface area (Å²) in [6.45, 7) is 5.23. The normalized spacial score (nSPS) is 25.0. The Hall–Kier alpha value is -2.47. The second-order valence-electron chi connectivity index (χ2n) is 8.29. The Balaban J connectivity index is 1.60. The second-order valence-corrected chi connectivity index (χ2v) is 8.29. The lowest BCUT2D eigenvalue weighted by Crippen LogP contribution is -2.29. The molecule has 6 nitrogen and oxygen atoms in total. The van der Waals surface area contributed by atoms with Crippen LogP contribution in [0, 0.1) is 12.8 Å². The van der Waals surface area contributed by atoms with Crippen molar-refractivity contribution in [2.75, 3.05) is 6.61 Å². The van der Waals surface area contributed by atoms with E-state index in [4.69, 9.17) is 9.84 Å². The molecule has 1 aliphatic heterocycles. The van der Waals surface area contributed by atoms with Gasteiger partial charge >= 0.3 is 0 Å². The fraction of sp³-hybridized carbons (Fsp3) is 0.500.